The summed E-state index contributed by atoms with van der Waals surface area (Å²) < 4.78 is 5.07. The minimum Gasteiger partial charge on any atom is -0.494 e. The Hall–Kier alpha value is -0.410. The second-order valence-corrected chi connectivity index (χ2v) is 3.31. The molecule has 0 aliphatic rings. The normalized spacial score (nSPS) is 9.92. The minimum atomic E-state index is 0.729. The number of hydrogen-bond acceptors (Lipinski definition) is 3. The molecule has 0 amide bonds. The molecule has 0 unspecified atom stereocenters. The monoisotopic (exact) mass is 203 g/mol. The smallest absolute Gasteiger partial charge is 0.151 e. The van der Waals surface area contributed by atoms with E-state index in [1.807, 2.05) is 6.07 Å². The van der Waals surface area contributed by atoms with Crippen LogP contribution in [0.5, 0.6) is 5.75 Å². The molecule has 0 aromatic carbocycles. The van der Waals surface area contributed by atoms with E-state index in [1.165, 1.54) is 0 Å². The number of rotatable bonds is 3. The van der Waals surface area contributed by atoms with Gasteiger partial charge in [0.2, 0.25) is 0 Å². The van der Waals surface area contributed by atoms with E-state index in [4.69, 9.17) is 15.4 Å². The van der Waals surface area contributed by atoms with Gasteiger partial charge < -0.3 is 4.74 Å². The summed E-state index contributed by atoms with van der Waals surface area (Å²) >= 11 is 0. The third kappa shape index (κ3) is 2.05. The number of aryl methyl sites for hydroxylation is 1. The Morgan fingerprint density at radius 1 is 1.67 bits per heavy atom. The second kappa shape index (κ2) is 4.58. The van der Waals surface area contributed by atoms with Crippen molar-refractivity contribution in [2.24, 2.45) is 0 Å². The maximum atomic E-state index is 5.65. The predicted octanol–water partition coefficient (Wildman–Crippen LogP) is 2.90. The van der Waals surface area contributed by atoms with E-state index in [0.717, 1.165) is 33.7 Å². The van der Waals surface area contributed by atoms with Gasteiger partial charge in [-0.15, -0.1) is 0 Å². The molecule has 1 rings (SSSR count). The van der Waals surface area contributed by atoms with Gasteiger partial charge >= 0.3 is 0 Å². The van der Waals surface area contributed by atoms with Crippen molar-refractivity contribution in [2.75, 3.05) is 7.11 Å². The molecule has 0 saturated heterocycles. The van der Waals surface area contributed by atoms with Crippen LogP contribution in [0, 0.1) is 0 Å². The fraction of sp³-hybridized carbons (Fsp3) is 0.375. The summed E-state index contributed by atoms with van der Waals surface area (Å²) in [4.78, 5) is 5.10. The van der Waals surface area contributed by atoms with Crippen molar-refractivity contribution in [2.45, 2.75) is 18.2 Å². The van der Waals surface area contributed by atoms with Crippen molar-refractivity contribution in [3.8, 4) is 5.75 Å². The average Bonchev–Trinajstić information content (AvgIpc) is 2.16. The topological polar surface area (TPSA) is 22.1 Å². The molecule has 0 N–H and O–H groups in total. The van der Waals surface area contributed by atoms with Gasteiger partial charge in [0.05, 0.1) is 18.2 Å². The van der Waals surface area contributed by atoms with Gasteiger partial charge in [-0.05, 0) is 34.1 Å². The molecule has 0 aliphatic heterocycles. The standard InChI is InChI=1S/C8H10ClNOS/c1-3-6-4-8(12-9)7(11-2)5-10-6/h4-5H,3H2,1-2H3. The van der Waals surface area contributed by atoms with Crippen LogP contribution in [0.4, 0.5) is 0 Å². The lowest BCUT2D eigenvalue weighted by Gasteiger charge is -2.05. The van der Waals surface area contributed by atoms with Crippen LogP contribution in [0.1, 0.15) is 12.6 Å². The van der Waals surface area contributed by atoms with E-state index < -0.39 is 0 Å². The number of methoxy groups -OCH3 is 1. The number of ether oxygens (including phenoxy) is 1. The Kier molecular flexibility index (Phi) is 3.69. The zero-order valence-corrected chi connectivity index (χ0v) is 8.58. The van der Waals surface area contributed by atoms with Gasteiger partial charge in [0.25, 0.3) is 0 Å². The quantitative estimate of drug-likeness (QED) is 0.754. The lowest BCUT2D eigenvalue weighted by Crippen LogP contribution is -1.91. The highest BCUT2D eigenvalue weighted by molar-refractivity contribution is 8.21. The Morgan fingerprint density at radius 3 is 2.92 bits per heavy atom. The second-order valence-electron chi connectivity index (χ2n) is 2.26. The highest BCUT2D eigenvalue weighted by Gasteiger charge is 2.03. The van der Waals surface area contributed by atoms with E-state index >= 15 is 0 Å². The molecule has 2 nitrogen and oxygen atoms in total. The summed E-state index contributed by atoms with van der Waals surface area (Å²) in [6.45, 7) is 2.05. The van der Waals surface area contributed by atoms with E-state index in [-0.39, 0.29) is 0 Å². The zero-order chi connectivity index (χ0) is 8.97. The van der Waals surface area contributed by atoms with E-state index in [1.54, 1.807) is 13.3 Å². The van der Waals surface area contributed by atoms with Crippen molar-refractivity contribution < 1.29 is 4.74 Å². The van der Waals surface area contributed by atoms with E-state index in [2.05, 4.69) is 11.9 Å². The highest BCUT2D eigenvalue weighted by Crippen LogP contribution is 2.31. The van der Waals surface area contributed by atoms with Crippen molar-refractivity contribution in [3.05, 3.63) is 18.0 Å². The van der Waals surface area contributed by atoms with Gasteiger partial charge in [0, 0.05) is 5.69 Å². The van der Waals surface area contributed by atoms with Gasteiger partial charge in [-0.25, -0.2) is 0 Å². The first kappa shape index (κ1) is 9.68. The van der Waals surface area contributed by atoms with Crippen molar-refractivity contribution in [1.29, 1.82) is 0 Å². The predicted molar refractivity (Wildman–Crippen MR) is 51.9 cm³/mol. The molecule has 0 fully saturated rings. The molecule has 4 heteroatoms. The fourth-order valence-electron chi connectivity index (χ4n) is 0.872. The molecule has 1 aromatic heterocycles. The summed E-state index contributed by atoms with van der Waals surface area (Å²) in [5, 5.41) is 0. The minimum absolute atomic E-state index is 0.729. The first-order valence-corrected chi connectivity index (χ1v) is 5.27. The summed E-state index contributed by atoms with van der Waals surface area (Å²) in [7, 11) is 8.42. The largest absolute Gasteiger partial charge is 0.494 e. The molecule has 1 heterocycles. The Morgan fingerprint density at radius 2 is 2.42 bits per heavy atom. The molecule has 0 radical (unpaired) electrons. The van der Waals surface area contributed by atoms with Crippen LogP contribution in [-0.2, 0) is 6.42 Å². The fourth-order valence-corrected chi connectivity index (χ4v) is 1.63. The summed E-state index contributed by atoms with van der Waals surface area (Å²) in [6, 6.07) is 1.94. The maximum absolute atomic E-state index is 5.65. The first-order valence-electron chi connectivity index (χ1n) is 3.63. The molecule has 0 bridgehead atoms. The molecule has 0 saturated carbocycles. The average molecular weight is 204 g/mol. The van der Waals surface area contributed by atoms with Crippen LogP contribution in [0.25, 0.3) is 0 Å². The number of halogens is 1. The molecule has 0 atom stereocenters. The van der Waals surface area contributed by atoms with Crippen LogP contribution in [0.3, 0.4) is 0 Å². The zero-order valence-electron chi connectivity index (χ0n) is 7.00. The van der Waals surface area contributed by atoms with Crippen molar-refractivity contribution in [1.82, 2.24) is 4.98 Å². The van der Waals surface area contributed by atoms with Gasteiger partial charge in [0.15, 0.2) is 5.75 Å². The summed E-state index contributed by atoms with van der Waals surface area (Å²) in [5.74, 6) is 0.729. The van der Waals surface area contributed by atoms with Crippen LogP contribution in [-0.4, -0.2) is 12.1 Å². The highest BCUT2D eigenvalue weighted by atomic mass is 35.7. The molecule has 66 valence electrons. The third-order valence-electron chi connectivity index (χ3n) is 1.55. The van der Waals surface area contributed by atoms with Gasteiger partial charge in [0.1, 0.15) is 0 Å². The van der Waals surface area contributed by atoms with Gasteiger partial charge in [-0.2, -0.15) is 0 Å². The molecule has 0 aliphatic carbocycles. The SMILES string of the molecule is CCc1cc(SCl)c(OC)cn1. The Balaban J connectivity index is 3.02. The van der Waals surface area contributed by atoms with E-state index in [0.29, 0.717) is 0 Å². The van der Waals surface area contributed by atoms with Crippen LogP contribution in [0.15, 0.2) is 17.2 Å². The molecular weight excluding hydrogens is 194 g/mol. The molecule has 12 heavy (non-hydrogen) atoms. The van der Waals surface area contributed by atoms with Crippen molar-refractivity contribution >= 4 is 21.7 Å². The van der Waals surface area contributed by atoms with Crippen molar-refractivity contribution in [3.63, 3.8) is 0 Å². The first-order chi connectivity index (χ1) is 5.81. The number of pyridine rings is 1. The van der Waals surface area contributed by atoms with Crippen LogP contribution in [0.2, 0.25) is 0 Å². The molecule has 0 spiro atoms. The van der Waals surface area contributed by atoms with Gasteiger partial charge in [-0.3, -0.25) is 4.98 Å². The lowest BCUT2D eigenvalue weighted by atomic mass is 10.3. The Labute approximate surface area is 80.8 Å². The summed E-state index contributed by atoms with van der Waals surface area (Å²) in [6.07, 6.45) is 2.61. The van der Waals surface area contributed by atoms with Crippen LogP contribution < -0.4 is 4.74 Å². The Bertz CT molecular complexity index is 267. The third-order valence-corrected chi connectivity index (χ3v) is 2.54. The van der Waals surface area contributed by atoms with E-state index in [9.17, 15) is 0 Å². The number of hydrogen-bond donors (Lipinski definition) is 0. The van der Waals surface area contributed by atoms with Crippen LogP contribution >= 0.6 is 21.7 Å². The maximum Gasteiger partial charge on any atom is 0.151 e. The molecular formula is C8H10ClNOS. The summed E-state index contributed by atoms with van der Waals surface area (Å²) in [5.41, 5.74) is 1.03. The molecule has 1 aromatic rings. The number of aromatic nitrogens is 1. The number of nitrogens with zero attached hydrogens (tertiary/aromatic N) is 1. The van der Waals surface area contributed by atoms with Gasteiger partial charge in [-0.1, -0.05) is 6.92 Å². The lowest BCUT2D eigenvalue weighted by molar-refractivity contribution is 0.402.